The van der Waals surface area contributed by atoms with Crippen LogP contribution in [0.3, 0.4) is 0 Å². The zero-order chi connectivity index (χ0) is 21.8. The number of nitrogens with one attached hydrogen (secondary N) is 2. The molecule has 0 spiro atoms. The molecule has 2 aromatic heterocycles. The highest BCUT2D eigenvalue weighted by atomic mass is 16.1. The van der Waals surface area contributed by atoms with E-state index in [0.29, 0.717) is 22.9 Å². The number of para-hydroxylation sites is 3. The molecule has 0 radical (unpaired) electrons. The number of carbonyl (C=O) groups excluding carboxylic acids is 1. The molecule has 6 nitrogen and oxygen atoms in total. The van der Waals surface area contributed by atoms with Crippen LogP contribution in [0.4, 0.5) is 17.2 Å². The minimum absolute atomic E-state index is 0.204. The first kappa shape index (κ1) is 19.4. The monoisotopic (exact) mass is 417 g/mol. The fourth-order valence-electron chi connectivity index (χ4n) is 3.43. The first-order valence-corrected chi connectivity index (χ1v) is 10.2. The third-order valence-corrected chi connectivity index (χ3v) is 4.98. The van der Waals surface area contributed by atoms with E-state index in [9.17, 15) is 4.79 Å². The van der Waals surface area contributed by atoms with Gasteiger partial charge in [0.1, 0.15) is 5.82 Å². The summed E-state index contributed by atoms with van der Waals surface area (Å²) in [5.41, 5.74) is 3.52. The molecule has 0 unspecified atom stereocenters. The maximum atomic E-state index is 13.0. The molecule has 32 heavy (non-hydrogen) atoms. The van der Waals surface area contributed by atoms with Gasteiger partial charge in [0.05, 0.1) is 16.8 Å². The Labute approximate surface area is 185 Å². The minimum atomic E-state index is -0.204. The van der Waals surface area contributed by atoms with Crippen molar-refractivity contribution in [2.45, 2.75) is 0 Å². The number of pyridine rings is 1. The van der Waals surface area contributed by atoms with Crippen molar-refractivity contribution in [3.8, 4) is 11.4 Å². The van der Waals surface area contributed by atoms with Gasteiger partial charge >= 0.3 is 0 Å². The number of benzene rings is 3. The molecule has 0 saturated carbocycles. The van der Waals surface area contributed by atoms with Crippen molar-refractivity contribution in [1.82, 2.24) is 15.0 Å². The zero-order valence-electron chi connectivity index (χ0n) is 17.1. The van der Waals surface area contributed by atoms with Gasteiger partial charge in [0, 0.05) is 29.0 Å². The second-order valence-corrected chi connectivity index (χ2v) is 7.15. The van der Waals surface area contributed by atoms with Crippen LogP contribution in [-0.2, 0) is 0 Å². The van der Waals surface area contributed by atoms with Crippen LogP contribution in [-0.4, -0.2) is 20.9 Å². The highest BCUT2D eigenvalue weighted by Gasteiger charge is 2.15. The largest absolute Gasteiger partial charge is 0.339 e. The number of hydrogen-bond donors (Lipinski definition) is 2. The van der Waals surface area contributed by atoms with Crippen LogP contribution in [0.15, 0.2) is 103 Å². The summed E-state index contributed by atoms with van der Waals surface area (Å²) in [4.78, 5) is 26.6. The molecule has 0 aliphatic rings. The van der Waals surface area contributed by atoms with Gasteiger partial charge in [-0.3, -0.25) is 9.78 Å². The lowest BCUT2D eigenvalue weighted by Crippen LogP contribution is -2.14. The molecule has 6 heteroatoms. The molecule has 0 bridgehead atoms. The maximum absolute atomic E-state index is 13.0. The Morgan fingerprint density at radius 3 is 2.38 bits per heavy atom. The van der Waals surface area contributed by atoms with Crippen molar-refractivity contribution in [2.75, 3.05) is 10.6 Å². The molecule has 1 amide bonds. The lowest BCUT2D eigenvalue weighted by atomic mass is 10.1. The van der Waals surface area contributed by atoms with Crippen LogP contribution >= 0.6 is 0 Å². The van der Waals surface area contributed by atoms with Gasteiger partial charge < -0.3 is 10.6 Å². The Kier molecular flexibility index (Phi) is 5.24. The molecule has 5 aromatic rings. The number of nitrogens with zero attached hydrogens (tertiary/aromatic N) is 3. The van der Waals surface area contributed by atoms with Gasteiger partial charge in [0.2, 0.25) is 0 Å². The third kappa shape index (κ3) is 4.02. The summed E-state index contributed by atoms with van der Waals surface area (Å²) in [5.74, 6) is 0.977. The van der Waals surface area contributed by atoms with Crippen LogP contribution in [0.5, 0.6) is 0 Å². The summed E-state index contributed by atoms with van der Waals surface area (Å²) < 4.78 is 0. The topological polar surface area (TPSA) is 79.8 Å². The number of carbonyl (C=O) groups is 1. The SMILES string of the molecule is O=C(Nc1ccccc1)c1ccccc1Nc1nc(-c2cccnc2)nc2ccccc12. The normalized spacial score (nSPS) is 10.6. The van der Waals surface area contributed by atoms with Crippen LogP contribution in [0.1, 0.15) is 10.4 Å². The average molecular weight is 417 g/mol. The third-order valence-electron chi connectivity index (χ3n) is 4.98. The number of fused-ring (bicyclic) bond motifs is 1. The lowest BCUT2D eigenvalue weighted by molar-refractivity contribution is 0.102. The molecule has 3 aromatic carbocycles. The quantitative estimate of drug-likeness (QED) is 0.384. The molecule has 5 rings (SSSR count). The Balaban J connectivity index is 1.55. The molecule has 2 heterocycles. The van der Waals surface area contributed by atoms with E-state index in [1.54, 1.807) is 18.5 Å². The van der Waals surface area contributed by atoms with Gasteiger partial charge in [0.15, 0.2) is 5.82 Å². The smallest absolute Gasteiger partial charge is 0.257 e. The molecule has 0 atom stereocenters. The number of amides is 1. The highest BCUT2D eigenvalue weighted by Crippen LogP contribution is 2.28. The van der Waals surface area contributed by atoms with Crippen molar-refractivity contribution >= 4 is 34.0 Å². The molecule has 2 N–H and O–H groups in total. The maximum Gasteiger partial charge on any atom is 0.257 e. The van der Waals surface area contributed by atoms with Crippen molar-refractivity contribution < 1.29 is 4.79 Å². The Morgan fingerprint density at radius 1 is 0.750 bits per heavy atom. The summed E-state index contributed by atoms with van der Waals surface area (Å²) in [5, 5.41) is 7.16. The van der Waals surface area contributed by atoms with E-state index in [0.717, 1.165) is 22.2 Å². The van der Waals surface area contributed by atoms with Gasteiger partial charge in [0.25, 0.3) is 5.91 Å². The lowest BCUT2D eigenvalue weighted by Gasteiger charge is -2.14. The number of rotatable bonds is 5. The Bertz CT molecular complexity index is 1390. The predicted molar refractivity (Wildman–Crippen MR) is 127 cm³/mol. The molecular weight excluding hydrogens is 398 g/mol. The fraction of sp³-hybridized carbons (Fsp3) is 0. The highest BCUT2D eigenvalue weighted by molar-refractivity contribution is 6.09. The van der Waals surface area contributed by atoms with E-state index in [1.165, 1.54) is 0 Å². The molecular formula is C26H19N5O. The number of hydrogen-bond acceptors (Lipinski definition) is 5. The molecule has 0 saturated heterocycles. The Morgan fingerprint density at radius 2 is 1.53 bits per heavy atom. The van der Waals surface area contributed by atoms with Crippen molar-refractivity contribution in [2.24, 2.45) is 0 Å². The molecule has 154 valence electrons. The second kappa shape index (κ2) is 8.65. The summed E-state index contributed by atoms with van der Waals surface area (Å²) >= 11 is 0. The predicted octanol–water partition coefficient (Wildman–Crippen LogP) is 5.69. The Hall–Kier alpha value is -4.58. The van der Waals surface area contributed by atoms with Crippen LogP contribution < -0.4 is 10.6 Å². The fourth-order valence-corrected chi connectivity index (χ4v) is 3.43. The van der Waals surface area contributed by atoms with Gasteiger partial charge in [-0.25, -0.2) is 9.97 Å². The zero-order valence-corrected chi connectivity index (χ0v) is 17.1. The van der Waals surface area contributed by atoms with Crippen molar-refractivity contribution in [1.29, 1.82) is 0 Å². The van der Waals surface area contributed by atoms with E-state index < -0.39 is 0 Å². The van der Waals surface area contributed by atoms with E-state index in [-0.39, 0.29) is 5.91 Å². The van der Waals surface area contributed by atoms with E-state index >= 15 is 0 Å². The van der Waals surface area contributed by atoms with Gasteiger partial charge in [-0.2, -0.15) is 0 Å². The average Bonchev–Trinajstić information content (AvgIpc) is 2.85. The number of aromatic nitrogens is 3. The molecule has 0 fully saturated rings. The van der Waals surface area contributed by atoms with Crippen LogP contribution in [0.25, 0.3) is 22.3 Å². The summed E-state index contributed by atoms with van der Waals surface area (Å²) in [7, 11) is 0. The van der Waals surface area contributed by atoms with Crippen molar-refractivity contribution in [3.05, 3.63) is 109 Å². The number of anilines is 3. The summed E-state index contributed by atoms with van der Waals surface area (Å²) in [6.07, 6.45) is 3.44. The van der Waals surface area contributed by atoms with Gasteiger partial charge in [-0.1, -0.05) is 42.5 Å². The van der Waals surface area contributed by atoms with E-state index in [1.807, 2.05) is 84.9 Å². The standard InChI is InChI=1S/C26H19N5O/c32-26(28-19-10-2-1-3-11-19)21-13-5-7-15-23(21)30-25-20-12-4-6-14-22(20)29-24(31-25)18-9-8-16-27-17-18/h1-17H,(H,28,32)(H,29,30,31). The van der Waals surface area contributed by atoms with E-state index in [4.69, 9.17) is 9.97 Å². The molecule has 0 aliphatic carbocycles. The summed E-state index contributed by atoms with van der Waals surface area (Å²) in [6, 6.07) is 28.3. The van der Waals surface area contributed by atoms with E-state index in [2.05, 4.69) is 15.6 Å². The van der Waals surface area contributed by atoms with Crippen LogP contribution in [0, 0.1) is 0 Å². The first-order valence-electron chi connectivity index (χ1n) is 10.2. The van der Waals surface area contributed by atoms with Gasteiger partial charge in [-0.05, 0) is 48.5 Å². The van der Waals surface area contributed by atoms with Crippen LogP contribution in [0.2, 0.25) is 0 Å². The van der Waals surface area contributed by atoms with Crippen molar-refractivity contribution in [3.63, 3.8) is 0 Å². The summed E-state index contributed by atoms with van der Waals surface area (Å²) in [6.45, 7) is 0. The second-order valence-electron chi connectivity index (χ2n) is 7.15. The minimum Gasteiger partial charge on any atom is -0.339 e. The molecule has 0 aliphatic heterocycles. The first-order chi connectivity index (χ1) is 15.8. The van der Waals surface area contributed by atoms with Gasteiger partial charge in [-0.15, -0.1) is 0 Å².